The zero-order valence-electron chi connectivity index (χ0n) is 17.6. The summed E-state index contributed by atoms with van der Waals surface area (Å²) in [6.07, 6.45) is 2.00. The van der Waals surface area contributed by atoms with Crippen LogP contribution in [0, 0.1) is 11.8 Å². The fraction of sp³-hybridized carbons (Fsp3) is 0.240. The molecular weight excluding hydrogens is 408 g/mol. The first-order valence-corrected chi connectivity index (χ1v) is 10.2. The van der Waals surface area contributed by atoms with Gasteiger partial charge < -0.3 is 20.5 Å². The van der Waals surface area contributed by atoms with Crippen molar-refractivity contribution in [3.05, 3.63) is 71.8 Å². The van der Waals surface area contributed by atoms with Gasteiger partial charge in [0.1, 0.15) is 12.6 Å². The van der Waals surface area contributed by atoms with Crippen LogP contribution in [0.15, 0.2) is 60.7 Å². The van der Waals surface area contributed by atoms with E-state index >= 15 is 0 Å². The number of nitrogens with one attached hydrogen (secondary N) is 2. The van der Waals surface area contributed by atoms with Gasteiger partial charge in [0.25, 0.3) is 0 Å². The van der Waals surface area contributed by atoms with Gasteiger partial charge in [-0.2, -0.15) is 0 Å². The van der Waals surface area contributed by atoms with Gasteiger partial charge in [-0.3, -0.25) is 4.79 Å². The van der Waals surface area contributed by atoms with Gasteiger partial charge >= 0.3 is 12.1 Å². The molecule has 7 nitrogen and oxygen atoms in total. The zero-order chi connectivity index (χ0) is 22.9. The van der Waals surface area contributed by atoms with Crippen LogP contribution in [0.5, 0.6) is 0 Å². The number of carbonyl (C=O) groups is 3. The second kappa shape index (κ2) is 10.8. The highest BCUT2D eigenvalue weighted by atomic mass is 16.5. The van der Waals surface area contributed by atoms with E-state index in [1.165, 1.54) is 12.2 Å². The summed E-state index contributed by atoms with van der Waals surface area (Å²) in [5, 5.41) is 14.0. The average molecular weight is 432 g/mol. The average Bonchev–Trinajstić information content (AvgIpc) is 3.11. The lowest BCUT2D eigenvalue weighted by atomic mass is 9.98. The molecule has 164 valence electrons. The van der Waals surface area contributed by atoms with Crippen LogP contribution in [0.1, 0.15) is 30.4 Å². The molecule has 0 aromatic heterocycles. The fourth-order valence-corrected chi connectivity index (χ4v) is 3.58. The van der Waals surface area contributed by atoms with E-state index < -0.39 is 24.0 Å². The van der Waals surface area contributed by atoms with E-state index in [0.717, 1.165) is 22.3 Å². The van der Waals surface area contributed by atoms with Gasteiger partial charge in [0, 0.05) is 25.0 Å². The monoisotopic (exact) mass is 432 g/mol. The summed E-state index contributed by atoms with van der Waals surface area (Å²) in [6.45, 7) is 1.86. The number of carboxylic acid groups (broad SMARTS) is 1. The molecule has 2 aromatic rings. The highest BCUT2D eigenvalue weighted by molar-refractivity contribution is 5.91. The largest absolute Gasteiger partial charge is 0.480 e. The first kappa shape index (κ1) is 22.6. The summed E-state index contributed by atoms with van der Waals surface area (Å²) in [5.41, 5.74) is 4.55. The third-order valence-corrected chi connectivity index (χ3v) is 5.07. The Balaban J connectivity index is 1.47. The third kappa shape index (κ3) is 5.55. The van der Waals surface area contributed by atoms with E-state index in [1.807, 2.05) is 36.4 Å². The molecule has 3 N–H and O–H groups in total. The molecule has 1 unspecified atom stereocenters. The maximum atomic E-state index is 12.1. The molecule has 0 heterocycles. The number of aliphatic carboxylic acids is 1. The number of hydrogen-bond acceptors (Lipinski definition) is 4. The van der Waals surface area contributed by atoms with E-state index in [0.29, 0.717) is 0 Å². The molecule has 2 aromatic carbocycles. The Kier molecular flexibility index (Phi) is 7.65. The number of carboxylic acids is 1. The molecule has 0 saturated heterocycles. The van der Waals surface area contributed by atoms with Gasteiger partial charge in [0.15, 0.2) is 0 Å². The Bertz CT molecular complexity index is 1050. The van der Waals surface area contributed by atoms with E-state index in [1.54, 1.807) is 6.92 Å². The molecule has 0 fully saturated rings. The molecule has 32 heavy (non-hydrogen) atoms. The summed E-state index contributed by atoms with van der Waals surface area (Å²) in [5.74, 6) is 3.44. The predicted octanol–water partition coefficient (Wildman–Crippen LogP) is 3.06. The van der Waals surface area contributed by atoms with Crippen LogP contribution < -0.4 is 10.6 Å². The quantitative estimate of drug-likeness (QED) is 0.439. The molecule has 3 rings (SSSR count). The normalized spacial score (nSPS) is 12.8. The molecule has 7 heteroatoms. The molecule has 0 aliphatic heterocycles. The van der Waals surface area contributed by atoms with Gasteiger partial charge in [0.2, 0.25) is 5.91 Å². The van der Waals surface area contributed by atoms with Crippen molar-refractivity contribution < 1.29 is 24.2 Å². The molecule has 0 spiro atoms. The number of carbonyl (C=O) groups excluding carboxylic acids is 2. The number of ether oxygens (including phenoxy) is 1. The Morgan fingerprint density at radius 3 is 2.31 bits per heavy atom. The summed E-state index contributed by atoms with van der Waals surface area (Å²) in [7, 11) is 0. The predicted molar refractivity (Wildman–Crippen MR) is 120 cm³/mol. The minimum atomic E-state index is -1.16. The highest BCUT2D eigenvalue weighted by Gasteiger charge is 2.28. The highest BCUT2D eigenvalue weighted by Crippen LogP contribution is 2.44. The maximum Gasteiger partial charge on any atom is 0.407 e. The lowest BCUT2D eigenvalue weighted by Gasteiger charge is -2.14. The van der Waals surface area contributed by atoms with Crippen LogP contribution >= 0.6 is 0 Å². The smallest absolute Gasteiger partial charge is 0.407 e. The number of hydrogen-bond donors (Lipinski definition) is 3. The van der Waals surface area contributed by atoms with E-state index in [9.17, 15) is 14.4 Å². The topological polar surface area (TPSA) is 105 Å². The van der Waals surface area contributed by atoms with Crippen molar-refractivity contribution in [2.24, 2.45) is 0 Å². The van der Waals surface area contributed by atoms with Crippen LogP contribution in [0.3, 0.4) is 0 Å². The van der Waals surface area contributed by atoms with Crippen molar-refractivity contribution in [1.29, 1.82) is 0 Å². The molecule has 1 aliphatic carbocycles. The number of rotatable bonds is 8. The zero-order valence-corrected chi connectivity index (χ0v) is 17.6. The Hall–Kier alpha value is -4.05. The van der Waals surface area contributed by atoms with Gasteiger partial charge in [-0.25, -0.2) is 9.59 Å². The molecule has 1 aliphatic rings. The van der Waals surface area contributed by atoms with Gasteiger partial charge in [-0.05, 0) is 29.2 Å². The Morgan fingerprint density at radius 2 is 1.72 bits per heavy atom. The number of amides is 2. The van der Waals surface area contributed by atoms with E-state index in [4.69, 9.17) is 9.84 Å². The van der Waals surface area contributed by atoms with Crippen LogP contribution in [0.4, 0.5) is 4.79 Å². The molecular formula is C25H24N2O5. The number of benzene rings is 2. The first-order chi connectivity index (χ1) is 15.5. The maximum absolute atomic E-state index is 12.1. The van der Waals surface area contributed by atoms with Crippen molar-refractivity contribution in [3.8, 4) is 23.0 Å². The van der Waals surface area contributed by atoms with Crippen molar-refractivity contribution in [2.45, 2.75) is 25.3 Å². The minimum Gasteiger partial charge on any atom is -0.480 e. The standard InChI is InChI=1S/C25H24N2O5/c1-2-3-13-22(24(29)30)27-23(28)14-8-15-26-25(31)32-16-21-19-11-6-4-9-17(19)18-10-5-7-12-20(18)21/h4-12,14,21-22H,13,15-16H2,1H3,(H,26,31)(H,27,28)(H,29,30)/b14-8+. The number of fused-ring (bicyclic) bond motifs is 3. The van der Waals surface area contributed by atoms with Crippen molar-refractivity contribution in [3.63, 3.8) is 0 Å². The van der Waals surface area contributed by atoms with Gasteiger partial charge in [-0.15, -0.1) is 11.8 Å². The van der Waals surface area contributed by atoms with Gasteiger partial charge in [0.05, 0.1) is 0 Å². The molecule has 0 bridgehead atoms. The SMILES string of the molecule is CC#CCC(NC(=O)/C=C/CNC(=O)OCC1c2ccccc2-c2ccccc21)C(=O)O. The van der Waals surface area contributed by atoms with Crippen molar-refractivity contribution in [1.82, 2.24) is 10.6 Å². The number of alkyl carbamates (subject to hydrolysis) is 1. The first-order valence-electron chi connectivity index (χ1n) is 10.2. The lowest BCUT2D eigenvalue weighted by molar-refractivity contribution is -0.141. The van der Waals surface area contributed by atoms with Crippen LogP contribution in [-0.2, 0) is 14.3 Å². The third-order valence-electron chi connectivity index (χ3n) is 5.07. The summed E-state index contributed by atoms with van der Waals surface area (Å²) < 4.78 is 5.41. The van der Waals surface area contributed by atoms with Crippen LogP contribution in [0.25, 0.3) is 11.1 Å². The fourth-order valence-electron chi connectivity index (χ4n) is 3.58. The Morgan fingerprint density at radius 1 is 1.09 bits per heavy atom. The molecule has 0 saturated carbocycles. The summed E-state index contributed by atoms with van der Waals surface area (Å²) >= 11 is 0. The van der Waals surface area contributed by atoms with E-state index in [-0.39, 0.29) is 25.5 Å². The summed E-state index contributed by atoms with van der Waals surface area (Å²) in [4.78, 5) is 35.1. The van der Waals surface area contributed by atoms with E-state index in [2.05, 4.69) is 34.6 Å². The van der Waals surface area contributed by atoms with Crippen LogP contribution in [-0.4, -0.2) is 42.3 Å². The second-order valence-corrected chi connectivity index (χ2v) is 7.14. The Labute approximate surface area is 186 Å². The lowest BCUT2D eigenvalue weighted by Crippen LogP contribution is -2.39. The molecule has 2 amide bonds. The van der Waals surface area contributed by atoms with Gasteiger partial charge in [-0.1, -0.05) is 54.6 Å². The van der Waals surface area contributed by atoms with Crippen LogP contribution in [0.2, 0.25) is 0 Å². The summed E-state index contributed by atoms with van der Waals surface area (Å²) in [6, 6.07) is 15.0. The molecule has 1 atom stereocenters. The molecule has 0 radical (unpaired) electrons. The second-order valence-electron chi connectivity index (χ2n) is 7.14. The van der Waals surface area contributed by atoms with Crippen molar-refractivity contribution >= 4 is 18.0 Å². The van der Waals surface area contributed by atoms with Crippen molar-refractivity contribution in [2.75, 3.05) is 13.2 Å². The minimum absolute atomic E-state index is 0.0173.